The average Bonchev–Trinajstić information content (AvgIpc) is 2.60. The molecular weight excluding hydrogens is 330 g/mol. The summed E-state index contributed by atoms with van der Waals surface area (Å²) in [6.45, 7) is 5.24. The van der Waals surface area contributed by atoms with Crippen LogP contribution in [0.5, 0.6) is 0 Å². The van der Waals surface area contributed by atoms with Gasteiger partial charge < -0.3 is 9.47 Å². The Bertz CT molecular complexity index is 787. The number of alkyl carbamates (subject to hydrolysis) is 1. The largest absolute Gasteiger partial charge is 0.464 e. The zero-order valence-electron chi connectivity index (χ0n) is 15.4. The maximum absolute atomic E-state index is 11.9. The third kappa shape index (κ3) is 5.77. The molecule has 2 rings (SSSR count). The van der Waals surface area contributed by atoms with Crippen LogP contribution in [-0.4, -0.2) is 24.8 Å². The minimum absolute atomic E-state index is 0.00853. The van der Waals surface area contributed by atoms with E-state index in [2.05, 4.69) is 5.32 Å². The first kappa shape index (κ1) is 19.2. The Morgan fingerprint density at radius 2 is 1.50 bits per heavy atom. The molecular formula is C21H23NO4. The fourth-order valence-corrected chi connectivity index (χ4v) is 2.24. The van der Waals surface area contributed by atoms with Crippen LogP contribution in [0, 0.1) is 0 Å². The normalized spacial score (nSPS) is 11.6. The van der Waals surface area contributed by atoms with Crippen molar-refractivity contribution in [3.8, 4) is 11.1 Å². The van der Waals surface area contributed by atoms with E-state index in [-0.39, 0.29) is 5.70 Å². The second-order valence-corrected chi connectivity index (χ2v) is 6.66. The molecule has 1 N–H and O–H groups in total. The highest BCUT2D eigenvalue weighted by molar-refractivity contribution is 5.96. The number of hydrogen-bond donors (Lipinski definition) is 1. The smallest absolute Gasteiger partial charge is 0.412 e. The van der Waals surface area contributed by atoms with Gasteiger partial charge in [-0.25, -0.2) is 9.59 Å². The van der Waals surface area contributed by atoms with Gasteiger partial charge in [0.1, 0.15) is 11.3 Å². The number of nitrogens with one attached hydrogen (secondary N) is 1. The zero-order valence-corrected chi connectivity index (χ0v) is 15.4. The summed E-state index contributed by atoms with van der Waals surface area (Å²) in [4.78, 5) is 23.9. The first-order chi connectivity index (χ1) is 12.3. The Labute approximate surface area is 153 Å². The number of amides is 1. The quantitative estimate of drug-likeness (QED) is 0.654. The highest BCUT2D eigenvalue weighted by atomic mass is 16.6. The van der Waals surface area contributed by atoms with Crippen molar-refractivity contribution in [2.24, 2.45) is 0 Å². The molecule has 0 aromatic heterocycles. The maximum Gasteiger partial charge on any atom is 0.412 e. The minimum Gasteiger partial charge on any atom is -0.464 e. The van der Waals surface area contributed by atoms with E-state index in [4.69, 9.17) is 9.47 Å². The fourth-order valence-electron chi connectivity index (χ4n) is 2.24. The lowest BCUT2D eigenvalue weighted by Crippen LogP contribution is -2.34. The molecule has 0 bridgehead atoms. The molecule has 5 nitrogen and oxygen atoms in total. The van der Waals surface area contributed by atoms with Gasteiger partial charge in [-0.15, -0.1) is 0 Å². The molecule has 0 aliphatic carbocycles. The number of rotatable bonds is 4. The van der Waals surface area contributed by atoms with E-state index in [0.717, 1.165) is 16.7 Å². The van der Waals surface area contributed by atoms with Gasteiger partial charge >= 0.3 is 12.1 Å². The van der Waals surface area contributed by atoms with Crippen LogP contribution in [0.15, 0.2) is 60.3 Å². The van der Waals surface area contributed by atoms with Crippen molar-refractivity contribution < 1.29 is 19.1 Å². The molecule has 0 unspecified atom stereocenters. The lowest BCUT2D eigenvalue weighted by Gasteiger charge is -2.20. The number of ether oxygens (including phenoxy) is 2. The Hall–Kier alpha value is -3.08. The van der Waals surface area contributed by atoms with Gasteiger partial charge in [0.25, 0.3) is 0 Å². The van der Waals surface area contributed by atoms with E-state index in [1.807, 2.05) is 54.6 Å². The van der Waals surface area contributed by atoms with Crippen molar-refractivity contribution in [2.75, 3.05) is 7.11 Å². The number of benzene rings is 2. The highest BCUT2D eigenvalue weighted by Crippen LogP contribution is 2.20. The van der Waals surface area contributed by atoms with E-state index < -0.39 is 17.7 Å². The first-order valence-electron chi connectivity index (χ1n) is 8.24. The Morgan fingerprint density at radius 3 is 2.04 bits per heavy atom. The van der Waals surface area contributed by atoms with E-state index >= 15 is 0 Å². The monoisotopic (exact) mass is 353 g/mol. The highest BCUT2D eigenvalue weighted by Gasteiger charge is 2.20. The van der Waals surface area contributed by atoms with Gasteiger partial charge in [-0.1, -0.05) is 54.6 Å². The van der Waals surface area contributed by atoms with Crippen molar-refractivity contribution >= 4 is 18.1 Å². The fraction of sp³-hybridized carbons (Fsp3) is 0.238. The van der Waals surface area contributed by atoms with Crippen LogP contribution in [0.25, 0.3) is 17.2 Å². The number of hydrogen-bond acceptors (Lipinski definition) is 4. The predicted molar refractivity (Wildman–Crippen MR) is 101 cm³/mol. The molecule has 26 heavy (non-hydrogen) atoms. The topological polar surface area (TPSA) is 64.6 Å². The van der Waals surface area contributed by atoms with Gasteiger partial charge in [-0.3, -0.25) is 5.32 Å². The van der Waals surface area contributed by atoms with Crippen molar-refractivity contribution in [3.63, 3.8) is 0 Å². The molecule has 0 aliphatic rings. The van der Waals surface area contributed by atoms with Crippen molar-refractivity contribution in [1.29, 1.82) is 0 Å². The van der Waals surface area contributed by atoms with Crippen molar-refractivity contribution in [2.45, 2.75) is 26.4 Å². The second kappa shape index (κ2) is 8.34. The summed E-state index contributed by atoms with van der Waals surface area (Å²) in [5, 5.41) is 2.44. The average molecular weight is 353 g/mol. The van der Waals surface area contributed by atoms with Gasteiger partial charge in [0.05, 0.1) is 7.11 Å². The van der Waals surface area contributed by atoms with E-state index in [0.29, 0.717) is 0 Å². The van der Waals surface area contributed by atoms with Gasteiger partial charge in [-0.2, -0.15) is 0 Å². The van der Waals surface area contributed by atoms with Gasteiger partial charge in [0, 0.05) is 0 Å². The van der Waals surface area contributed by atoms with Gasteiger partial charge in [-0.05, 0) is 43.5 Å². The second-order valence-electron chi connectivity index (χ2n) is 6.66. The molecule has 0 spiro atoms. The Morgan fingerprint density at radius 1 is 0.923 bits per heavy atom. The zero-order chi connectivity index (χ0) is 19.2. The minimum atomic E-state index is -0.713. The molecule has 0 radical (unpaired) electrons. The summed E-state index contributed by atoms with van der Waals surface area (Å²) in [5.41, 5.74) is 2.25. The third-order valence-electron chi connectivity index (χ3n) is 3.37. The molecule has 2 aromatic rings. The number of carbonyl (C=O) groups excluding carboxylic acids is 2. The van der Waals surface area contributed by atoms with Crippen LogP contribution in [0.1, 0.15) is 26.3 Å². The summed E-state index contributed by atoms with van der Waals surface area (Å²) in [6, 6.07) is 17.6. The molecule has 5 heteroatoms. The van der Waals surface area contributed by atoms with Gasteiger partial charge in [0.15, 0.2) is 0 Å². The molecule has 0 saturated carbocycles. The maximum atomic E-state index is 11.9. The van der Waals surface area contributed by atoms with Crippen LogP contribution in [0.3, 0.4) is 0 Å². The molecule has 136 valence electrons. The lowest BCUT2D eigenvalue weighted by molar-refractivity contribution is -0.136. The summed E-state index contributed by atoms with van der Waals surface area (Å²) in [5.74, 6) is -0.650. The van der Waals surface area contributed by atoms with Crippen LogP contribution >= 0.6 is 0 Å². The standard InChI is InChI=1S/C21H23NO4/c1-21(2,3)26-20(24)22-18(19(23)25-4)14-15-10-12-17(13-11-15)16-8-6-5-7-9-16/h5-14H,1-4H3,(H,22,24)/b18-14-. The van der Waals surface area contributed by atoms with Crippen LogP contribution in [-0.2, 0) is 14.3 Å². The summed E-state index contributed by atoms with van der Waals surface area (Å²) in [7, 11) is 1.26. The first-order valence-corrected chi connectivity index (χ1v) is 8.24. The molecule has 0 aliphatic heterocycles. The van der Waals surface area contributed by atoms with Crippen LogP contribution in [0.2, 0.25) is 0 Å². The molecule has 0 heterocycles. The van der Waals surface area contributed by atoms with E-state index in [1.165, 1.54) is 7.11 Å². The number of methoxy groups -OCH3 is 1. The summed E-state index contributed by atoms with van der Waals surface area (Å²) >= 11 is 0. The summed E-state index contributed by atoms with van der Waals surface area (Å²) < 4.78 is 9.91. The molecule has 0 saturated heterocycles. The lowest BCUT2D eigenvalue weighted by atomic mass is 10.0. The van der Waals surface area contributed by atoms with Crippen LogP contribution in [0.4, 0.5) is 4.79 Å². The molecule has 2 aromatic carbocycles. The van der Waals surface area contributed by atoms with Crippen molar-refractivity contribution in [1.82, 2.24) is 5.32 Å². The predicted octanol–water partition coefficient (Wildman–Crippen LogP) is 4.39. The third-order valence-corrected chi connectivity index (χ3v) is 3.37. The molecule has 1 amide bonds. The Balaban J connectivity index is 2.21. The van der Waals surface area contributed by atoms with E-state index in [9.17, 15) is 9.59 Å². The molecule has 0 atom stereocenters. The number of carbonyl (C=O) groups is 2. The van der Waals surface area contributed by atoms with E-state index in [1.54, 1.807) is 26.8 Å². The summed E-state index contributed by atoms with van der Waals surface area (Å²) in [6.07, 6.45) is 0.833. The SMILES string of the molecule is COC(=O)/C(=C/c1ccc(-c2ccccc2)cc1)NC(=O)OC(C)(C)C. The van der Waals surface area contributed by atoms with Crippen LogP contribution < -0.4 is 5.32 Å². The van der Waals surface area contributed by atoms with Crippen molar-refractivity contribution in [3.05, 3.63) is 65.9 Å². The van der Waals surface area contributed by atoms with Gasteiger partial charge in [0.2, 0.25) is 0 Å². The number of esters is 1. The Kier molecular flexibility index (Phi) is 6.17. The molecule has 0 fully saturated rings.